The van der Waals surface area contributed by atoms with E-state index in [0.717, 1.165) is 18.4 Å². The van der Waals surface area contributed by atoms with E-state index < -0.39 is 0 Å². The van der Waals surface area contributed by atoms with E-state index >= 15 is 0 Å². The number of aryl methyl sites for hydroxylation is 2. The van der Waals surface area contributed by atoms with Crippen LogP contribution in [-0.4, -0.2) is 0 Å². The Morgan fingerprint density at radius 1 is 1.00 bits per heavy atom. The molecule has 0 fully saturated rings. The molecule has 3 aliphatic rings. The first-order chi connectivity index (χ1) is 15.8. The Hall–Kier alpha value is -2.08. The second-order valence-corrected chi connectivity index (χ2v) is 12.5. The van der Waals surface area contributed by atoms with Crippen LogP contribution in [0.3, 0.4) is 0 Å². The van der Waals surface area contributed by atoms with Crippen molar-refractivity contribution >= 4 is 5.57 Å². The van der Waals surface area contributed by atoms with E-state index in [0.29, 0.717) is 0 Å². The van der Waals surface area contributed by atoms with Crippen LogP contribution in [0.2, 0.25) is 0 Å². The molecule has 0 N–H and O–H groups in total. The summed E-state index contributed by atoms with van der Waals surface area (Å²) in [5.41, 5.74) is 15.6. The Kier molecular flexibility index (Phi) is 6.07. The number of allylic oxidation sites excluding steroid dienone is 7. The summed E-state index contributed by atoms with van der Waals surface area (Å²) in [5, 5.41) is 0. The summed E-state index contributed by atoms with van der Waals surface area (Å²) in [7, 11) is 0. The van der Waals surface area contributed by atoms with Crippen LogP contribution in [0, 0.1) is 23.2 Å². The highest BCUT2D eigenvalue weighted by atomic mass is 14.6. The van der Waals surface area contributed by atoms with Gasteiger partial charge in [0, 0.05) is 5.41 Å². The zero-order valence-corrected chi connectivity index (χ0v) is 23.2. The molecule has 4 rings (SSSR count). The Bertz CT molecular complexity index is 1160. The monoisotopic (exact) mass is 454 g/mol. The fraction of sp³-hybridized carbons (Fsp3) is 0.529. The van der Waals surface area contributed by atoms with E-state index in [1.165, 1.54) is 76.7 Å². The molecule has 0 unspecified atom stereocenters. The third kappa shape index (κ3) is 3.31. The Balaban J connectivity index is 1.93. The van der Waals surface area contributed by atoms with Gasteiger partial charge in [-0.3, -0.25) is 0 Å². The number of hydrogen-bond acceptors (Lipinski definition) is 0. The van der Waals surface area contributed by atoms with Crippen LogP contribution in [0.25, 0.3) is 5.57 Å². The second-order valence-electron chi connectivity index (χ2n) is 12.5. The lowest BCUT2D eigenvalue weighted by Gasteiger charge is -2.62. The molecule has 0 heteroatoms. The van der Waals surface area contributed by atoms with Gasteiger partial charge in [0.25, 0.3) is 0 Å². The van der Waals surface area contributed by atoms with Gasteiger partial charge in [-0.15, -0.1) is 0 Å². The fourth-order valence-corrected chi connectivity index (χ4v) is 8.40. The summed E-state index contributed by atoms with van der Waals surface area (Å²) in [4.78, 5) is 0. The highest BCUT2D eigenvalue weighted by Gasteiger charge is 2.59. The number of hydrogen-bond donors (Lipinski definition) is 0. The summed E-state index contributed by atoms with van der Waals surface area (Å²) in [6, 6.07) is 4.74. The average Bonchev–Trinajstić information content (AvgIpc) is 2.72. The van der Waals surface area contributed by atoms with Crippen LogP contribution in [0.5, 0.6) is 0 Å². The largest absolute Gasteiger partial charge is 0.0955 e. The summed E-state index contributed by atoms with van der Waals surface area (Å²) in [5.74, 6) is 0. The Morgan fingerprint density at radius 2 is 1.68 bits per heavy atom. The molecule has 1 aromatic carbocycles. The quantitative estimate of drug-likeness (QED) is 0.388. The van der Waals surface area contributed by atoms with Gasteiger partial charge in [0.15, 0.2) is 0 Å². The van der Waals surface area contributed by atoms with Gasteiger partial charge < -0.3 is 0 Å². The highest BCUT2D eigenvalue weighted by molar-refractivity contribution is 5.87. The van der Waals surface area contributed by atoms with Gasteiger partial charge in [-0.25, -0.2) is 0 Å². The number of rotatable bonds is 5. The molecule has 0 nitrogen and oxygen atoms in total. The fourth-order valence-electron chi connectivity index (χ4n) is 8.40. The number of benzene rings is 1. The summed E-state index contributed by atoms with van der Waals surface area (Å²) in [6.07, 6.45) is 8.45. The minimum atomic E-state index is -0.0806. The average molecular weight is 455 g/mol. The van der Waals surface area contributed by atoms with E-state index in [4.69, 9.17) is 13.2 Å². The third-order valence-corrected chi connectivity index (χ3v) is 9.97. The minimum absolute atomic E-state index is 0.0806. The molecule has 1 aromatic rings. The maximum Gasteiger partial charge on any atom is 0.0194 e. The molecule has 3 atom stereocenters. The second kappa shape index (κ2) is 8.25. The Morgan fingerprint density at radius 3 is 2.29 bits per heavy atom. The van der Waals surface area contributed by atoms with Gasteiger partial charge in [0.05, 0.1) is 0 Å². The van der Waals surface area contributed by atoms with Gasteiger partial charge in [0.2, 0.25) is 0 Å². The maximum absolute atomic E-state index is 4.80. The molecule has 0 heterocycles. The minimum Gasteiger partial charge on any atom is -0.0955 e. The zero-order chi connectivity index (χ0) is 25.2. The first-order valence-corrected chi connectivity index (χ1v) is 13.4. The molecule has 0 saturated heterocycles. The van der Waals surface area contributed by atoms with Gasteiger partial charge in [-0.05, 0) is 115 Å². The van der Waals surface area contributed by atoms with Gasteiger partial charge in [0.1, 0.15) is 0 Å². The van der Waals surface area contributed by atoms with Crippen molar-refractivity contribution in [3.63, 3.8) is 0 Å². The molecule has 0 radical (unpaired) electrons. The highest BCUT2D eigenvalue weighted by Crippen LogP contribution is 2.70. The van der Waals surface area contributed by atoms with Crippen molar-refractivity contribution in [1.29, 1.82) is 0 Å². The third-order valence-electron chi connectivity index (χ3n) is 9.97. The molecule has 0 spiro atoms. The zero-order valence-electron chi connectivity index (χ0n) is 23.2. The van der Waals surface area contributed by atoms with Crippen molar-refractivity contribution < 1.29 is 0 Å². The molecular formula is C34H46. The van der Waals surface area contributed by atoms with Gasteiger partial charge >= 0.3 is 0 Å². The van der Waals surface area contributed by atoms with Crippen molar-refractivity contribution in [2.24, 2.45) is 16.2 Å². The van der Waals surface area contributed by atoms with Crippen LogP contribution < -0.4 is 0 Å². The van der Waals surface area contributed by atoms with Crippen LogP contribution in [0.15, 0.2) is 65.3 Å². The predicted molar refractivity (Wildman–Crippen MR) is 150 cm³/mol. The molecule has 0 aliphatic heterocycles. The van der Waals surface area contributed by atoms with E-state index in [2.05, 4.69) is 74.1 Å². The van der Waals surface area contributed by atoms with Gasteiger partial charge in [-0.2, -0.15) is 0 Å². The normalized spacial score (nSPS) is 30.8. The molecular weight excluding hydrogens is 408 g/mol. The molecule has 0 amide bonds. The van der Waals surface area contributed by atoms with Gasteiger partial charge in [-0.1, -0.05) is 89.1 Å². The lowest BCUT2D eigenvalue weighted by atomic mass is 9.41. The molecule has 3 aliphatic carbocycles. The number of unbranched alkanes of at least 4 members (excludes halogenated alkanes) is 2. The maximum atomic E-state index is 4.80. The van der Waals surface area contributed by atoms with Crippen LogP contribution >= 0.6 is 0 Å². The van der Waals surface area contributed by atoms with E-state index in [9.17, 15) is 0 Å². The topological polar surface area (TPSA) is 0 Å². The molecule has 0 saturated carbocycles. The van der Waals surface area contributed by atoms with E-state index in [-0.39, 0.29) is 16.2 Å². The van der Waals surface area contributed by atoms with E-state index in [1.54, 1.807) is 11.1 Å². The first-order valence-electron chi connectivity index (χ1n) is 13.4. The predicted octanol–water partition coefficient (Wildman–Crippen LogP) is 9.89. The lowest BCUT2D eigenvalue weighted by molar-refractivity contribution is 0.0543. The molecule has 0 aromatic heterocycles. The van der Waals surface area contributed by atoms with Crippen molar-refractivity contribution in [3.8, 4) is 0 Å². The summed E-state index contributed by atoms with van der Waals surface area (Å²) >= 11 is 0. The standard InChI is InChI=1S/C34H46/c1-12-13-14-15-27-17-16-22(4)30-24(6)31-26(8)34(11)25(7)29(21(2)3)23(5)18-33(34,10)20-32(31,9)19-28(27)30/h16-17H,2,6-7,12-15,18-20H2,1,3-5,8-11H3/t32-,33+,34-/m1/s1. The summed E-state index contributed by atoms with van der Waals surface area (Å²) in [6.45, 7) is 32.8. The van der Waals surface area contributed by atoms with Crippen LogP contribution in [0.1, 0.15) is 103 Å². The van der Waals surface area contributed by atoms with Crippen molar-refractivity contribution in [2.75, 3.05) is 0 Å². The SMILES string of the molecule is C=C(C)C1=C(C)C[C@@]2(C)C[C@@]3(C)Cc4c(CCCCC)ccc(C)c4C(=C)C3=C(C)[C@@]2(C)C1=C. The van der Waals surface area contributed by atoms with Crippen molar-refractivity contribution in [3.05, 3.63) is 87.6 Å². The van der Waals surface area contributed by atoms with Crippen molar-refractivity contribution in [1.82, 2.24) is 0 Å². The molecule has 34 heavy (non-hydrogen) atoms. The lowest BCUT2D eigenvalue weighted by Crippen LogP contribution is -2.52. The van der Waals surface area contributed by atoms with E-state index in [1.807, 2.05) is 0 Å². The van der Waals surface area contributed by atoms with Crippen LogP contribution in [-0.2, 0) is 12.8 Å². The number of fused-ring (bicyclic) bond motifs is 3. The molecule has 182 valence electrons. The van der Waals surface area contributed by atoms with Crippen molar-refractivity contribution in [2.45, 2.75) is 100 Å². The smallest absolute Gasteiger partial charge is 0.0194 e. The Labute approximate surface area is 209 Å². The molecule has 0 bridgehead atoms. The first kappa shape index (κ1) is 25.0. The summed E-state index contributed by atoms with van der Waals surface area (Å²) < 4.78 is 0. The van der Waals surface area contributed by atoms with Crippen LogP contribution in [0.4, 0.5) is 0 Å².